The first-order valence-electron chi connectivity index (χ1n) is 12.1. The molecule has 0 aromatic heterocycles. The van der Waals surface area contributed by atoms with Crippen molar-refractivity contribution in [2.75, 3.05) is 21.3 Å². The van der Waals surface area contributed by atoms with E-state index in [0.717, 1.165) is 61.2 Å². The number of methoxy groups -OCH3 is 3. The second-order valence-corrected chi connectivity index (χ2v) is 8.91. The molecule has 0 fully saturated rings. The lowest BCUT2D eigenvalue weighted by Crippen LogP contribution is -2.24. The van der Waals surface area contributed by atoms with Gasteiger partial charge < -0.3 is 23.7 Å². The van der Waals surface area contributed by atoms with Crippen molar-refractivity contribution in [3.8, 4) is 11.5 Å². The SMILES string of the molecule is COc1cc(OC)c2c(c1C)C[C@@H](CCCCC[C@@H](C)OC(=O)[C@H](OC)c1ccccc1)OC2. The van der Waals surface area contributed by atoms with Gasteiger partial charge in [-0.05, 0) is 56.2 Å². The summed E-state index contributed by atoms with van der Waals surface area (Å²) >= 11 is 0. The van der Waals surface area contributed by atoms with Crippen LogP contribution in [0.25, 0.3) is 0 Å². The quantitative estimate of drug-likeness (QED) is 0.292. The van der Waals surface area contributed by atoms with Crippen LogP contribution in [0.15, 0.2) is 36.4 Å². The van der Waals surface area contributed by atoms with Crippen LogP contribution in [0.3, 0.4) is 0 Å². The summed E-state index contributed by atoms with van der Waals surface area (Å²) in [5.74, 6) is 1.36. The molecule has 6 heteroatoms. The highest BCUT2D eigenvalue weighted by Crippen LogP contribution is 2.38. The van der Waals surface area contributed by atoms with Crippen LogP contribution in [0.5, 0.6) is 11.5 Å². The van der Waals surface area contributed by atoms with Crippen molar-refractivity contribution in [2.45, 2.75) is 77.3 Å². The Balaban J connectivity index is 1.40. The van der Waals surface area contributed by atoms with Crippen LogP contribution in [0, 0.1) is 6.92 Å². The second-order valence-electron chi connectivity index (χ2n) is 8.91. The number of unbranched alkanes of at least 4 members (excludes halogenated alkanes) is 2. The van der Waals surface area contributed by atoms with Crippen LogP contribution in [0.1, 0.15) is 67.4 Å². The molecular weight excluding hydrogens is 432 g/mol. The summed E-state index contributed by atoms with van der Waals surface area (Å²) in [5, 5.41) is 0. The van der Waals surface area contributed by atoms with Gasteiger partial charge in [0.2, 0.25) is 0 Å². The Bertz CT molecular complexity index is 926. The van der Waals surface area contributed by atoms with Crippen molar-refractivity contribution < 1.29 is 28.5 Å². The van der Waals surface area contributed by atoms with E-state index in [1.165, 1.54) is 18.2 Å². The van der Waals surface area contributed by atoms with Crippen LogP contribution in [0.4, 0.5) is 0 Å². The third-order valence-electron chi connectivity index (χ3n) is 6.59. The van der Waals surface area contributed by atoms with E-state index in [0.29, 0.717) is 6.61 Å². The van der Waals surface area contributed by atoms with Gasteiger partial charge in [0.25, 0.3) is 0 Å². The highest BCUT2D eigenvalue weighted by atomic mass is 16.6. The molecule has 1 aliphatic rings. The van der Waals surface area contributed by atoms with Crippen LogP contribution < -0.4 is 9.47 Å². The number of rotatable bonds is 12. The molecule has 34 heavy (non-hydrogen) atoms. The Kier molecular flexibility index (Phi) is 9.78. The van der Waals surface area contributed by atoms with E-state index in [1.54, 1.807) is 14.2 Å². The van der Waals surface area contributed by atoms with E-state index in [9.17, 15) is 4.79 Å². The fourth-order valence-corrected chi connectivity index (χ4v) is 4.64. The lowest BCUT2D eigenvalue weighted by atomic mass is 9.91. The molecule has 0 unspecified atom stereocenters. The highest BCUT2D eigenvalue weighted by molar-refractivity contribution is 5.76. The number of carbonyl (C=O) groups is 1. The Morgan fingerprint density at radius 2 is 1.76 bits per heavy atom. The van der Waals surface area contributed by atoms with Crippen molar-refractivity contribution in [1.29, 1.82) is 0 Å². The number of benzene rings is 2. The Morgan fingerprint density at radius 1 is 1.03 bits per heavy atom. The lowest BCUT2D eigenvalue weighted by Gasteiger charge is -2.29. The number of hydrogen-bond donors (Lipinski definition) is 0. The van der Waals surface area contributed by atoms with Gasteiger partial charge in [-0.3, -0.25) is 0 Å². The number of fused-ring (bicyclic) bond motifs is 1. The summed E-state index contributed by atoms with van der Waals surface area (Å²) in [7, 11) is 4.91. The zero-order valence-corrected chi connectivity index (χ0v) is 21.1. The first kappa shape index (κ1) is 26.0. The van der Waals surface area contributed by atoms with Crippen molar-refractivity contribution >= 4 is 5.97 Å². The van der Waals surface area contributed by atoms with E-state index in [1.807, 2.05) is 43.3 Å². The predicted molar refractivity (Wildman–Crippen MR) is 131 cm³/mol. The first-order chi connectivity index (χ1) is 16.5. The number of carbonyl (C=O) groups excluding carboxylic acids is 1. The zero-order valence-electron chi connectivity index (χ0n) is 21.1. The standard InChI is InChI=1S/C28H38O6/c1-19(34-28(29)27(32-5)21-13-9-7-10-14-21)12-8-6-11-15-22-16-23-20(2)25(30-3)17-26(31-4)24(23)18-33-22/h7,9-10,13-14,17,19,22,27H,6,8,11-12,15-16,18H2,1-5H3/t19-,22-,27-/m1/s1. The van der Waals surface area contributed by atoms with Gasteiger partial charge in [-0.15, -0.1) is 0 Å². The van der Waals surface area contributed by atoms with Gasteiger partial charge in [0.15, 0.2) is 6.10 Å². The molecule has 0 saturated heterocycles. The maximum absolute atomic E-state index is 12.5. The average Bonchev–Trinajstić information content (AvgIpc) is 2.85. The maximum atomic E-state index is 12.5. The molecule has 1 heterocycles. The molecule has 2 aromatic rings. The summed E-state index contributed by atoms with van der Waals surface area (Å²) in [5.41, 5.74) is 4.41. The third kappa shape index (κ3) is 6.51. The summed E-state index contributed by atoms with van der Waals surface area (Å²) in [6, 6.07) is 11.4. The molecule has 0 N–H and O–H groups in total. The largest absolute Gasteiger partial charge is 0.496 e. The monoisotopic (exact) mass is 470 g/mol. The third-order valence-corrected chi connectivity index (χ3v) is 6.59. The molecule has 0 saturated carbocycles. The van der Waals surface area contributed by atoms with Crippen molar-refractivity contribution in [3.05, 3.63) is 58.7 Å². The lowest BCUT2D eigenvalue weighted by molar-refractivity contribution is -0.161. The Hall–Kier alpha value is -2.57. The minimum Gasteiger partial charge on any atom is -0.496 e. The molecule has 0 amide bonds. The fraction of sp³-hybridized carbons (Fsp3) is 0.536. The number of hydrogen-bond acceptors (Lipinski definition) is 6. The minimum absolute atomic E-state index is 0.144. The van der Waals surface area contributed by atoms with E-state index >= 15 is 0 Å². The van der Waals surface area contributed by atoms with Gasteiger partial charge in [-0.2, -0.15) is 0 Å². The van der Waals surface area contributed by atoms with Gasteiger partial charge in [0.1, 0.15) is 11.5 Å². The van der Waals surface area contributed by atoms with Gasteiger partial charge in [-0.1, -0.05) is 43.2 Å². The molecule has 0 aliphatic carbocycles. The van der Waals surface area contributed by atoms with Gasteiger partial charge in [-0.25, -0.2) is 4.79 Å². The molecule has 186 valence electrons. The maximum Gasteiger partial charge on any atom is 0.340 e. The first-order valence-corrected chi connectivity index (χ1v) is 12.1. The minimum atomic E-state index is -0.685. The molecule has 0 radical (unpaired) electrons. The Labute approximate surface area is 203 Å². The normalized spacial score (nSPS) is 16.9. The molecule has 3 rings (SSSR count). The summed E-state index contributed by atoms with van der Waals surface area (Å²) in [6.45, 7) is 4.62. The highest BCUT2D eigenvalue weighted by Gasteiger charge is 2.26. The average molecular weight is 471 g/mol. The van der Waals surface area contributed by atoms with Crippen LogP contribution in [-0.4, -0.2) is 39.5 Å². The zero-order chi connectivity index (χ0) is 24.5. The van der Waals surface area contributed by atoms with Crippen molar-refractivity contribution in [2.24, 2.45) is 0 Å². The smallest absolute Gasteiger partial charge is 0.340 e. The topological polar surface area (TPSA) is 63.2 Å². The van der Waals surface area contributed by atoms with E-state index < -0.39 is 6.10 Å². The van der Waals surface area contributed by atoms with E-state index in [4.69, 9.17) is 23.7 Å². The van der Waals surface area contributed by atoms with Crippen LogP contribution >= 0.6 is 0 Å². The summed E-state index contributed by atoms with van der Waals surface area (Å²) in [4.78, 5) is 12.5. The van der Waals surface area contributed by atoms with Gasteiger partial charge in [0, 0.05) is 18.7 Å². The van der Waals surface area contributed by atoms with Crippen LogP contribution in [-0.2, 0) is 32.0 Å². The van der Waals surface area contributed by atoms with Crippen molar-refractivity contribution in [1.82, 2.24) is 0 Å². The summed E-state index contributed by atoms with van der Waals surface area (Å²) < 4.78 is 28.2. The number of esters is 1. The summed E-state index contributed by atoms with van der Waals surface area (Å²) in [6.07, 6.45) is 5.23. The Morgan fingerprint density at radius 3 is 2.44 bits per heavy atom. The molecular formula is C28H38O6. The molecule has 0 bridgehead atoms. The predicted octanol–water partition coefficient (Wildman–Crippen LogP) is 5.72. The van der Waals surface area contributed by atoms with E-state index in [-0.39, 0.29) is 18.2 Å². The van der Waals surface area contributed by atoms with Crippen molar-refractivity contribution in [3.63, 3.8) is 0 Å². The van der Waals surface area contributed by atoms with E-state index in [2.05, 4.69) is 6.92 Å². The molecule has 1 aliphatic heterocycles. The molecule has 6 nitrogen and oxygen atoms in total. The molecule has 2 aromatic carbocycles. The fourth-order valence-electron chi connectivity index (χ4n) is 4.64. The van der Waals surface area contributed by atoms with Crippen LogP contribution in [0.2, 0.25) is 0 Å². The van der Waals surface area contributed by atoms with Gasteiger partial charge >= 0.3 is 5.97 Å². The van der Waals surface area contributed by atoms with Gasteiger partial charge in [0.05, 0.1) is 33.0 Å². The molecule has 0 spiro atoms. The number of ether oxygens (including phenoxy) is 5. The molecule has 3 atom stereocenters. The second kappa shape index (κ2) is 12.8.